The van der Waals surface area contributed by atoms with Crippen molar-refractivity contribution in [3.63, 3.8) is 0 Å². The summed E-state index contributed by atoms with van der Waals surface area (Å²) in [5, 5.41) is 14.3. The summed E-state index contributed by atoms with van der Waals surface area (Å²) in [6, 6.07) is 12.8. The van der Waals surface area contributed by atoms with E-state index in [1.165, 1.54) is 0 Å². The minimum Gasteiger partial charge on any atom is -0.481 e. The number of hydrazone groups is 1. The highest BCUT2D eigenvalue weighted by atomic mass is 35.5. The minimum atomic E-state index is -4.19. The number of nitrogens with zero attached hydrogens (tertiary/aromatic N) is 2. The summed E-state index contributed by atoms with van der Waals surface area (Å²) in [6.45, 7) is 5.42. The highest BCUT2D eigenvalue weighted by Crippen LogP contribution is 2.38. The van der Waals surface area contributed by atoms with Crippen LogP contribution in [0.4, 0.5) is 8.78 Å². The number of hydrogen-bond acceptors (Lipinski definition) is 4. The predicted molar refractivity (Wildman–Crippen MR) is 136 cm³/mol. The lowest BCUT2D eigenvalue weighted by molar-refractivity contribution is -0.167. The Morgan fingerprint density at radius 1 is 1.08 bits per heavy atom. The number of aromatic amines is 1. The van der Waals surface area contributed by atoms with Crippen LogP contribution in [0.25, 0.3) is 11.1 Å². The van der Waals surface area contributed by atoms with Gasteiger partial charge >= 0.3 is 17.8 Å². The first-order valence-corrected chi connectivity index (χ1v) is 11.8. The number of pyridine rings is 1. The second-order valence-electron chi connectivity index (χ2n) is 9.06. The molecule has 1 amide bonds. The van der Waals surface area contributed by atoms with Gasteiger partial charge in [0.05, 0.1) is 17.3 Å². The van der Waals surface area contributed by atoms with Crippen LogP contribution in [0.3, 0.4) is 0 Å². The topological polar surface area (TPSA) is 103 Å². The molecule has 1 aromatic heterocycles. The summed E-state index contributed by atoms with van der Waals surface area (Å²) < 4.78 is 29.3. The van der Waals surface area contributed by atoms with Crippen molar-refractivity contribution in [2.24, 2.45) is 5.10 Å². The van der Waals surface area contributed by atoms with Crippen molar-refractivity contribution in [3.05, 3.63) is 91.9 Å². The van der Waals surface area contributed by atoms with Crippen molar-refractivity contribution < 1.29 is 23.5 Å². The summed E-state index contributed by atoms with van der Waals surface area (Å²) >= 11 is 6.05. The molecule has 0 bridgehead atoms. The van der Waals surface area contributed by atoms with Crippen LogP contribution in [-0.4, -0.2) is 38.6 Å². The highest BCUT2D eigenvalue weighted by Gasteiger charge is 2.49. The molecular formula is C27H24ClF2N3O4. The zero-order valence-corrected chi connectivity index (χ0v) is 21.1. The quantitative estimate of drug-likeness (QED) is 0.447. The summed E-state index contributed by atoms with van der Waals surface area (Å²) in [5.74, 6) is -7.75. The molecule has 1 aliphatic heterocycles. The lowest BCUT2D eigenvalue weighted by Gasteiger charge is -2.25. The average molecular weight is 528 g/mol. The van der Waals surface area contributed by atoms with Gasteiger partial charge in [-0.1, -0.05) is 53.6 Å². The first-order valence-electron chi connectivity index (χ1n) is 11.5. The third-order valence-corrected chi connectivity index (χ3v) is 6.66. The fourth-order valence-corrected chi connectivity index (χ4v) is 4.52. The molecule has 2 aromatic carbocycles. The molecule has 3 aromatic rings. The maximum Gasteiger partial charge on any atom is 0.337 e. The van der Waals surface area contributed by atoms with Crippen molar-refractivity contribution in [2.75, 3.05) is 0 Å². The molecule has 0 saturated heterocycles. The van der Waals surface area contributed by atoms with E-state index < -0.39 is 35.8 Å². The fraction of sp³-hybridized carbons (Fsp3) is 0.259. The Morgan fingerprint density at radius 3 is 2.30 bits per heavy atom. The maximum atomic E-state index is 14.7. The molecule has 0 fully saturated rings. The summed E-state index contributed by atoms with van der Waals surface area (Å²) in [7, 11) is 0. The average Bonchev–Trinajstić information content (AvgIpc) is 3.25. The van der Waals surface area contributed by atoms with Gasteiger partial charge in [0.15, 0.2) is 0 Å². The molecule has 0 radical (unpaired) electrons. The van der Waals surface area contributed by atoms with Crippen LogP contribution < -0.4 is 5.56 Å². The normalized spacial score (nSPS) is 15.6. The smallest absolute Gasteiger partial charge is 0.337 e. The van der Waals surface area contributed by atoms with Crippen LogP contribution in [0, 0.1) is 20.8 Å². The Morgan fingerprint density at radius 2 is 1.70 bits per heavy atom. The van der Waals surface area contributed by atoms with E-state index in [0.29, 0.717) is 32.4 Å². The van der Waals surface area contributed by atoms with Crippen molar-refractivity contribution in [3.8, 4) is 11.1 Å². The molecular weight excluding hydrogens is 504 g/mol. The van der Waals surface area contributed by atoms with Gasteiger partial charge in [-0.05, 0) is 49.6 Å². The molecule has 0 spiro atoms. The molecule has 10 heteroatoms. The first kappa shape index (κ1) is 26.2. The number of alkyl halides is 2. The molecule has 1 atom stereocenters. The Labute approximate surface area is 216 Å². The minimum absolute atomic E-state index is 0.0237. The van der Waals surface area contributed by atoms with E-state index in [0.717, 1.165) is 11.1 Å². The Bertz CT molecular complexity index is 1460. The number of carboxylic acids is 1. The molecule has 1 aliphatic rings. The van der Waals surface area contributed by atoms with Crippen molar-refractivity contribution in [1.29, 1.82) is 0 Å². The molecule has 7 nitrogen and oxygen atoms in total. The highest BCUT2D eigenvalue weighted by molar-refractivity contribution is 6.30. The standard InChI is InChI=1S/C27H24ClF2N3O4/c1-14-4-6-17(7-5-14)21-12-20(32-33(21)26(37)27(29,30)13-22(34)35)24-23(15(2)16(3)31-25(24)36)18-8-10-19(28)11-9-18/h4-11,21H,12-13H2,1-3H3,(H,31,36)(H,34,35). The third-order valence-electron chi connectivity index (χ3n) is 6.40. The van der Waals surface area contributed by atoms with Crippen molar-refractivity contribution in [1.82, 2.24) is 9.99 Å². The summed E-state index contributed by atoms with van der Waals surface area (Å²) in [6.07, 6.45) is -1.70. The number of rotatable bonds is 6. The van der Waals surface area contributed by atoms with Gasteiger partial charge in [-0.15, -0.1) is 0 Å². The van der Waals surface area contributed by atoms with Gasteiger partial charge in [0.25, 0.3) is 5.56 Å². The number of aliphatic carboxylic acids is 1. The molecule has 192 valence electrons. The van der Waals surface area contributed by atoms with Gasteiger partial charge in [0.2, 0.25) is 0 Å². The van der Waals surface area contributed by atoms with E-state index in [2.05, 4.69) is 10.1 Å². The fourth-order valence-electron chi connectivity index (χ4n) is 4.40. The maximum absolute atomic E-state index is 14.7. The van der Waals surface area contributed by atoms with Crippen LogP contribution in [0.5, 0.6) is 0 Å². The van der Waals surface area contributed by atoms with Gasteiger partial charge < -0.3 is 10.1 Å². The van der Waals surface area contributed by atoms with Gasteiger partial charge in [-0.2, -0.15) is 13.9 Å². The van der Waals surface area contributed by atoms with Crippen LogP contribution in [-0.2, 0) is 9.59 Å². The Kier molecular flexibility index (Phi) is 7.01. The molecule has 4 rings (SSSR count). The van der Waals surface area contributed by atoms with Gasteiger partial charge in [-0.3, -0.25) is 14.4 Å². The number of amides is 1. The molecule has 2 heterocycles. The van der Waals surface area contributed by atoms with E-state index in [9.17, 15) is 23.2 Å². The zero-order chi connectivity index (χ0) is 27.1. The second kappa shape index (κ2) is 9.89. The van der Waals surface area contributed by atoms with Crippen LogP contribution in [0.15, 0.2) is 58.4 Å². The van der Waals surface area contributed by atoms with E-state index in [-0.39, 0.29) is 17.7 Å². The monoisotopic (exact) mass is 527 g/mol. The van der Waals surface area contributed by atoms with Gasteiger partial charge in [0, 0.05) is 22.7 Å². The SMILES string of the molecule is Cc1ccc(C2CC(c3c(-c4ccc(Cl)cc4)c(C)c(C)[nH]c3=O)=NN2C(=O)C(F)(F)CC(=O)O)cc1. The summed E-state index contributed by atoms with van der Waals surface area (Å²) in [4.78, 5) is 40.0. The number of benzene rings is 2. The Balaban J connectivity index is 1.90. The number of aryl methyl sites for hydroxylation is 2. The van der Waals surface area contributed by atoms with Crippen molar-refractivity contribution in [2.45, 2.75) is 45.6 Å². The van der Waals surface area contributed by atoms with E-state index in [4.69, 9.17) is 16.7 Å². The largest absolute Gasteiger partial charge is 0.481 e. The lowest BCUT2D eigenvalue weighted by Crippen LogP contribution is -2.42. The third kappa shape index (κ3) is 5.17. The van der Waals surface area contributed by atoms with Crippen LogP contribution in [0.1, 0.15) is 46.8 Å². The second-order valence-corrected chi connectivity index (χ2v) is 9.50. The van der Waals surface area contributed by atoms with E-state index in [1.807, 2.05) is 13.8 Å². The van der Waals surface area contributed by atoms with Crippen LogP contribution in [0.2, 0.25) is 5.02 Å². The molecule has 2 N–H and O–H groups in total. The molecule has 0 saturated carbocycles. The zero-order valence-electron chi connectivity index (χ0n) is 20.3. The first-order chi connectivity index (χ1) is 17.4. The number of H-pyrrole nitrogens is 1. The van der Waals surface area contributed by atoms with Crippen molar-refractivity contribution >= 4 is 29.2 Å². The van der Waals surface area contributed by atoms with E-state index in [1.54, 1.807) is 55.5 Å². The summed E-state index contributed by atoms with van der Waals surface area (Å²) in [5.41, 5.74) is 3.83. The number of carbonyl (C=O) groups is 2. The lowest BCUT2D eigenvalue weighted by atomic mass is 9.90. The number of halogens is 3. The van der Waals surface area contributed by atoms with Gasteiger partial charge in [0.1, 0.15) is 6.42 Å². The molecule has 1 unspecified atom stereocenters. The molecule has 0 aliphatic carbocycles. The number of hydrogen-bond donors (Lipinski definition) is 2. The predicted octanol–water partition coefficient (Wildman–Crippen LogP) is 5.41. The number of carbonyl (C=O) groups excluding carboxylic acids is 1. The van der Waals surface area contributed by atoms with E-state index >= 15 is 0 Å². The molecule has 37 heavy (non-hydrogen) atoms. The van der Waals surface area contributed by atoms with Gasteiger partial charge in [-0.25, -0.2) is 5.01 Å². The number of nitrogens with one attached hydrogen (secondary N) is 1. The van der Waals surface area contributed by atoms with Crippen LogP contribution >= 0.6 is 11.6 Å². The Hall–Kier alpha value is -3.85. The number of carboxylic acid groups (broad SMARTS) is 1. The number of aromatic nitrogens is 1.